The lowest BCUT2D eigenvalue weighted by Crippen LogP contribution is -2.10. The van der Waals surface area contributed by atoms with Gasteiger partial charge in [0.25, 0.3) is 0 Å². The van der Waals surface area contributed by atoms with Crippen molar-refractivity contribution in [2.45, 2.75) is 34.1 Å². The van der Waals surface area contributed by atoms with Gasteiger partial charge in [0.05, 0.1) is 5.56 Å². The summed E-state index contributed by atoms with van der Waals surface area (Å²) in [4.78, 5) is 22.2. The zero-order valence-corrected chi connectivity index (χ0v) is 11.1. The van der Waals surface area contributed by atoms with Crippen molar-refractivity contribution in [2.75, 3.05) is 0 Å². The molecule has 4 heteroatoms. The second-order valence-electron chi connectivity index (χ2n) is 4.72. The zero-order valence-electron chi connectivity index (χ0n) is 11.1. The number of carboxylic acid groups (broad SMARTS) is 1. The van der Waals surface area contributed by atoms with Crippen molar-refractivity contribution in [3.05, 3.63) is 28.8 Å². The van der Waals surface area contributed by atoms with Crippen LogP contribution in [0.15, 0.2) is 12.1 Å². The Labute approximate surface area is 107 Å². The summed E-state index contributed by atoms with van der Waals surface area (Å²) in [7, 11) is 0. The summed E-state index contributed by atoms with van der Waals surface area (Å²) in [6, 6.07) is 3.27. The molecule has 0 atom stereocenters. The van der Waals surface area contributed by atoms with E-state index in [9.17, 15) is 9.59 Å². The maximum atomic E-state index is 11.1. The van der Waals surface area contributed by atoms with E-state index in [4.69, 9.17) is 9.84 Å². The van der Waals surface area contributed by atoms with Crippen LogP contribution < -0.4 is 4.74 Å². The van der Waals surface area contributed by atoms with Crippen molar-refractivity contribution in [3.8, 4) is 5.75 Å². The lowest BCUT2D eigenvalue weighted by atomic mass is 9.97. The average Bonchev–Trinajstić information content (AvgIpc) is 2.21. The Hall–Kier alpha value is -1.84. The molecule has 0 aliphatic rings. The van der Waals surface area contributed by atoms with Crippen LogP contribution in [0.4, 0.5) is 0 Å². The third kappa shape index (κ3) is 3.32. The van der Waals surface area contributed by atoms with Gasteiger partial charge in [0.1, 0.15) is 5.75 Å². The van der Waals surface area contributed by atoms with Crippen LogP contribution in [0.1, 0.15) is 42.3 Å². The van der Waals surface area contributed by atoms with E-state index in [1.54, 1.807) is 19.1 Å². The Balaban J connectivity index is 3.31. The molecule has 0 fully saturated rings. The van der Waals surface area contributed by atoms with Gasteiger partial charge in [-0.25, -0.2) is 4.79 Å². The van der Waals surface area contributed by atoms with Gasteiger partial charge in [-0.3, -0.25) is 4.79 Å². The number of carbonyl (C=O) groups excluding carboxylic acids is 1. The highest BCUT2D eigenvalue weighted by Gasteiger charge is 2.17. The normalized spacial score (nSPS) is 10.5. The van der Waals surface area contributed by atoms with Crippen molar-refractivity contribution in [2.24, 2.45) is 5.92 Å². The molecule has 1 N–H and O–H groups in total. The maximum Gasteiger partial charge on any atom is 0.336 e. The summed E-state index contributed by atoms with van der Waals surface area (Å²) in [5, 5.41) is 9.06. The Kier molecular flexibility index (Phi) is 4.48. The van der Waals surface area contributed by atoms with E-state index >= 15 is 0 Å². The molecule has 0 aromatic heterocycles. The summed E-state index contributed by atoms with van der Waals surface area (Å²) < 4.78 is 5.17. The number of benzene rings is 1. The number of rotatable bonds is 4. The van der Waals surface area contributed by atoms with Crippen LogP contribution in [0.5, 0.6) is 5.75 Å². The Bertz CT molecular complexity index is 475. The Morgan fingerprint density at radius 1 is 1.33 bits per heavy atom. The Morgan fingerprint density at radius 2 is 1.94 bits per heavy atom. The highest BCUT2D eigenvalue weighted by molar-refractivity contribution is 5.90. The van der Waals surface area contributed by atoms with E-state index < -0.39 is 11.9 Å². The SMILES string of the molecule is CC(=O)Oc1c(CC(C)C)ccc(C(=O)O)c1C. The Morgan fingerprint density at radius 3 is 2.39 bits per heavy atom. The average molecular weight is 250 g/mol. The highest BCUT2D eigenvalue weighted by Crippen LogP contribution is 2.29. The molecule has 0 saturated heterocycles. The first-order chi connectivity index (χ1) is 8.32. The maximum absolute atomic E-state index is 11.1. The summed E-state index contributed by atoms with van der Waals surface area (Å²) in [5.74, 6) is -0.673. The fourth-order valence-electron chi connectivity index (χ4n) is 1.87. The number of hydrogen-bond acceptors (Lipinski definition) is 3. The van der Waals surface area contributed by atoms with Gasteiger partial charge < -0.3 is 9.84 Å². The summed E-state index contributed by atoms with van der Waals surface area (Å²) in [6.07, 6.45) is 0.739. The van der Waals surface area contributed by atoms with E-state index in [-0.39, 0.29) is 5.56 Å². The monoisotopic (exact) mass is 250 g/mol. The highest BCUT2D eigenvalue weighted by atomic mass is 16.5. The van der Waals surface area contributed by atoms with Gasteiger partial charge in [-0.15, -0.1) is 0 Å². The molecule has 0 radical (unpaired) electrons. The lowest BCUT2D eigenvalue weighted by molar-refractivity contribution is -0.132. The van der Waals surface area contributed by atoms with Gasteiger partial charge in [-0.05, 0) is 30.9 Å². The smallest absolute Gasteiger partial charge is 0.336 e. The number of aromatic carboxylic acids is 1. The van der Waals surface area contributed by atoms with Crippen LogP contribution in [0.2, 0.25) is 0 Å². The zero-order chi connectivity index (χ0) is 13.9. The second-order valence-corrected chi connectivity index (χ2v) is 4.72. The van der Waals surface area contributed by atoms with E-state index in [1.807, 2.05) is 0 Å². The van der Waals surface area contributed by atoms with Crippen molar-refractivity contribution in [1.82, 2.24) is 0 Å². The first-order valence-corrected chi connectivity index (χ1v) is 5.87. The number of ether oxygens (including phenoxy) is 1. The molecule has 0 unspecified atom stereocenters. The molecule has 0 bridgehead atoms. The van der Waals surface area contributed by atoms with E-state index in [1.165, 1.54) is 6.92 Å². The molecule has 18 heavy (non-hydrogen) atoms. The van der Waals surface area contributed by atoms with Crippen LogP contribution >= 0.6 is 0 Å². The largest absolute Gasteiger partial charge is 0.478 e. The fraction of sp³-hybridized carbons (Fsp3) is 0.429. The predicted octanol–water partition coefficient (Wildman–Crippen LogP) is 2.82. The topological polar surface area (TPSA) is 63.6 Å². The standard InChI is InChI=1S/C14H18O4/c1-8(2)7-11-5-6-12(14(16)17)9(3)13(11)18-10(4)15/h5-6,8H,7H2,1-4H3,(H,16,17). The molecule has 1 aromatic rings. The van der Waals surface area contributed by atoms with Crippen LogP contribution in [0, 0.1) is 12.8 Å². The van der Waals surface area contributed by atoms with E-state index in [2.05, 4.69) is 13.8 Å². The minimum absolute atomic E-state index is 0.166. The number of hydrogen-bond donors (Lipinski definition) is 1. The molecule has 0 amide bonds. The molecule has 0 spiro atoms. The molecule has 0 heterocycles. The van der Waals surface area contributed by atoms with Gasteiger partial charge in [0.15, 0.2) is 0 Å². The molecule has 0 saturated carbocycles. The second kappa shape index (κ2) is 5.67. The third-order valence-electron chi connectivity index (χ3n) is 2.59. The molecule has 0 aliphatic heterocycles. The van der Waals surface area contributed by atoms with Gasteiger partial charge in [-0.2, -0.15) is 0 Å². The number of esters is 1. The van der Waals surface area contributed by atoms with Crippen LogP contribution in [-0.4, -0.2) is 17.0 Å². The lowest BCUT2D eigenvalue weighted by Gasteiger charge is -2.15. The minimum atomic E-state index is -1.02. The van der Waals surface area contributed by atoms with E-state index in [0.29, 0.717) is 17.2 Å². The van der Waals surface area contributed by atoms with Gasteiger partial charge in [0.2, 0.25) is 0 Å². The third-order valence-corrected chi connectivity index (χ3v) is 2.59. The van der Waals surface area contributed by atoms with Crippen molar-refractivity contribution in [3.63, 3.8) is 0 Å². The molecule has 98 valence electrons. The van der Waals surface area contributed by atoms with E-state index in [0.717, 1.165) is 12.0 Å². The molecule has 4 nitrogen and oxygen atoms in total. The summed E-state index contributed by atoms with van der Waals surface area (Å²) in [6.45, 7) is 7.08. The first-order valence-electron chi connectivity index (χ1n) is 5.87. The quantitative estimate of drug-likeness (QED) is 0.659. The minimum Gasteiger partial charge on any atom is -0.478 e. The molecular weight excluding hydrogens is 232 g/mol. The molecule has 1 rings (SSSR count). The predicted molar refractivity (Wildman–Crippen MR) is 68.0 cm³/mol. The number of carboxylic acids is 1. The molecular formula is C14H18O4. The van der Waals surface area contributed by atoms with Crippen LogP contribution in [0.25, 0.3) is 0 Å². The van der Waals surface area contributed by atoms with Crippen molar-refractivity contribution >= 4 is 11.9 Å². The van der Waals surface area contributed by atoms with Gasteiger partial charge in [0, 0.05) is 12.5 Å². The first kappa shape index (κ1) is 14.2. The summed E-state index contributed by atoms with van der Waals surface area (Å²) in [5.41, 5.74) is 1.53. The van der Waals surface area contributed by atoms with Crippen molar-refractivity contribution in [1.29, 1.82) is 0 Å². The summed E-state index contributed by atoms with van der Waals surface area (Å²) >= 11 is 0. The molecule has 1 aromatic carbocycles. The van der Waals surface area contributed by atoms with Crippen LogP contribution in [0.3, 0.4) is 0 Å². The van der Waals surface area contributed by atoms with Gasteiger partial charge >= 0.3 is 11.9 Å². The fourth-order valence-corrected chi connectivity index (χ4v) is 1.87. The van der Waals surface area contributed by atoms with Crippen molar-refractivity contribution < 1.29 is 19.4 Å². The van der Waals surface area contributed by atoms with Gasteiger partial charge in [-0.1, -0.05) is 19.9 Å². The van der Waals surface area contributed by atoms with Crippen LogP contribution in [-0.2, 0) is 11.2 Å². The molecule has 0 aliphatic carbocycles. The number of carbonyl (C=O) groups is 2.